The van der Waals surface area contributed by atoms with Crippen LogP contribution in [-0.4, -0.2) is 54.4 Å². The molecule has 3 aromatic rings. The second-order valence-electron chi connectivity index (χ2n) is 7.84. The first-order chi connectivity index (χ1) is 16.9. The molecule has 1 aliphatic rings. The van der Waals surface area contributed by atoms with Crippen LogP contribution in [0.4, 0.5) is 21.5 Å². The van der Waals surface area contributed by atoms with E-state index in [9.17, 15) is 24.1 Å². The standard InChI is InChI=1S/C25H23FN4O5/c26-19-8-2-3-9-20(19)27-24(31)17-35-23-12-6-1-7-18(23)25(32)29-15-13-28(14-16-29)21-10-4-5-11-22(21)30(33)34/h1-12H,13-17H2,(H,27,31). The van der Waals surface area contributed by atoms with Crippen LogP contribution in [0.15, 0.2) is 72.8 Å². The van der Waals surface area contributed by atoms with Crippen LogP contribution < -0.4 is 15.0 Å². The molecule has 35 heavy (non-hydrogen) atoms. The minimum atomic E-state index is -0.560. The van der Waals surface area contributed by atoms with E-state index in [-0.39, 0.29) is 23.0 Å². The molecule has 0 bridgehead atoms. The van der Waals surface area contributed by atoms with Crippen LogP contribution >= 0.6 is 0 Å². The number of piperazine rings is 1. The second-order valence-corrected chi connectivity index (χ2v) is 7.84. The largest absolute Gasteiger partial charge is 0.483 e. The average molecular weight is 478 g/mol. The highest BCUT2D eigenvalue weighted by Crippen LogP contribution is 2.29. The van der Waals surface area contributed by atoms with Crippen molar-refractivity contribution in [2.24, 2.45) is 0 Å². The van der Waals surface area contributed by atoms with E-state index in [1.807, 2.05) is 4.90 Å². The van der Waals surface area contributed by atoms with Crippen LogP contribution in [0.25, 0.3) is 0 Å². The van der Waals surface area contributed by atoms with Gasteiger partial charge in [0.1, 0.15) is 17.3 Å². The van der Waals surface area contributed by atoms with Crippen molar-refractivity contribution in [2.75, 3.05) is 43.0 Å². The molecule has 1 N–H and O–H groups in total. The predicted octanol–water partition coefficient (Wildman–Crippen LogP) is 3.71. The molecule has 0 radical (unpaired) electrons. The first-order valence-electron chi connectivity index (χ1n) is 11.0. The smallest absolute Gasteiger partial charge is 0.292 e. The van der Waals surface area contributed by atoms with Gasteiger partial charge < -0.3 is 19.9 Å². The minimum Gasteiger partial charge on any atom is -0.483 e. The molecular weight excluding hydrogens is 455 g/mol. The van der Waals surface area contributed by atoms with Crippen molar-refractivity contribution in [3.05, 3.63) is 94.3 Å². The van der Waals surface area contributed by atoms with Crippen LogP contribution in [-0.2, 0) is 4.79 Å². The molecule has 3 aromatic carbocycles. The number of amides is 2. The maximum atomic E-state index is 13.7. The van der Waals surface area contributed by atoms with Crippen molar-refractivity contribution < 1.29 is 23.6 Å². The number of ether oxygens (including phenoxy) is 1. The molecule has 0 saturated carbocycles. The van der Waals surface area contributed by atoms with Crippen molar-refractivity contribution in [1.82, 2.24) is 4.90 Å². The number of para-hydroxylation sites is 4. The highest BCUT2D eigenvalue weighted by atomic mass is 19.1. The molecule has 4 rings (SSSR count). The fraction of sp³-hybridized carbons (Fsp3) is 0.200. The summed E-state index contributed by atoms with van der Waals surface area (Å²) in [6.45, 7) is 1.21. The lowest BCUT2D eigenvalue weighted by atomic mass is 10.1. The lowest BCUT2D eigenvalue weighted by Gasteiger charge is -2.36. The van der Waals surface area contributed by atoms with Gasteiger partial charge in [0.25, 0.3) is 17.5 Å². The summed E-state index contributed by atoms with van der Waals surface area (Å²) in [5.74, 6) is -1.15. The summed E-state index contributed by atoms with van der Waals surface area (Å²) < 4.78 is 19.3. The maximum absolute atomic E-state index is 13.7. The van der Waals surface area contributed by atoms with E-state index < -0.39 is 23.3 Å². The van der Waals surface area contributed by atoms with Crippen LogP contribution in [0.1, 0.15) is 10.4 Å². The summed E-state index contributed by atoms with van der Waals surface area (Å²) in [6.07, 6.45) is 0. The monoisotopic (exact) mass is 478 g/mol. The number of hydrogen-bond acceptors (Lipinski definition) is 6. The molecule has 0 aliphatic carbocycles. The van der Waals surface area contributed by atoms with Gasteiger partial charge in [0, 0.05) is 32.2 Å². The quantitative estimate of drug-likeness (QED) is 0.410. The average Bonchev–Trinajstić information content (AvgIpc) is 2.88. The molecule has 1 heterocycles. The van der Waals surface area contributed by atoms with E-state index in [4.69, 9.17) is 4.74 Å². The third-order valence-electron chi connectivity index (χ3n) is 5.61. The Bertz CT molecular complexity index is 1240. The summed E-state index contributed by atoms with van der Waals surface area (Å²) in [6, 6.07) is 18.9. The number of halogens is 1. The van der Waals surface area contributed by atoms with Crippen LogP contribution in [0.5, 0.6) is 5.75 Å². The lowest BCUT2D eigenvalue weighted by molar-refractivity contribution is -0.384. The maximum Gasteiger partial charge on any atom is 0.292 e. The fourth-order valence-corrected chi connectivity index (χ4v) is 3.87. The van der Waals surface area contributed by atoms with Gasteiger partial charge in [-0.05, 0) is 30.3 Å². The summed E-state index contributed by atoms with van der Waals surface area (Å²) in [4.78, 5) is 39.9. The second kappa shape index (κ2) is 10.6. The van der Waals surface area contributed by atoms with Crippen LogP contribution in [0.2, 0.25) is 0 Å². The van der Waals surface area contributed by atoms with Crippen molar-refractivity contribution in [2.45, 2.75) is 0 Å². The van der Waals surface area contributed by atoms with E-state index >= 15 is 0 Å². The SMILES string of the molecule is O=C(COc1ccccc1C(=O)N1CCN(c2ccccc2[N+](=O)[O-])CC1)Nc1ccccc1F. The number of anilines is 2. The zero-order valence-corrected chi connectivity index (χ0v) is 18.7. The molecule has 1 fully saturated rings. The van der Waals surface area contributed by atoms with E-state index in [1.54, 1.807) is 53.4 Å². The number of rotatable bonds is 7. The van der Waals surface area contributed by atoms with Gasteiger partial charge in [-0.2, -0.15) is 0 Å². The molecule has 1 aliphatic heterocycles. The van der Waals surface area contributed by atoms with Gasteiger partial charge in [0.05, 0.1) is 16.2 Å². The first-order valence-corrected chi connectivity index (χ1v) is 11.0. The van der Waals surface area contributed by atoms with Gasteiger partial charge >= 0.3 is 0 Å². The van der Waals surface area contributed by atoms with Gasteiger partial charge in [-0.15, -0.1) is 0 Å². The summed E-state index contributed by atoms with van der Waals surface area (Å²) in [5.41, 5.74) is 0.890. The number of nitro benzene ring substituents is 1. The third kappa shape index (κ3) is 5.55. The Morgan fingerprint density at radius 1 is 0.943 bits per heavy atom. The first kappa shape index (κ1) is 23.7. The molecule has 0 spiro atoms. The summed E-state index contributed by atoms with van der Waals surface area (Å²) in [5, 5.41) is 13.8. The molecular formula is C25H23FN4O5. The predicted molar refractivity (Wildman–Crippen MR) is 128 cm³/mol. The number of carbonyl (C=O) groups is 2. The van der Waals surface area contributed by atoms with E-state index in [2.05, 4.69) is 5.32 Å². The normalized spacial score (nSPS) is 13.3. The Morgan fingerprint density at radius 2 is 1.60 bits per heavy atom. The minimum absolute atomic E-state index is 0.0275. The Kier molecular flexibility index (Phi) is 7.20. The van der Waals surface area contributed by atoms with Crippen molar-refractivity contribution in [1.29, 1.82) is 0 Å². The zero-order valence-electron chi connectivity index (χ0n) is 18.7. The molecule has 0 atom stereocenters. The molecule has 1 saturated heterocycles. The van der Waals surface area contributed by atoms with Crippen molar-refractivity contribution in [3.8, 4) is 5.75 Å². The van der Waals surface area contributed by atoms with Crippen LogP contribution in [0, 0.1) is 15.9 Å². The van der Waals surface area contributed by atoms with Gasteiger partial charge in [0.2, 0.25) is 0 Å². The third-order valence-corrected chi connectivity index (χ3v) is 5.61. The van der Waals surface area contributed by atoms with Gasteiger partial charge in [-0.25, -0.2) is 4.39 Å². The molecule has 9 nitrogen and oxygen atoms in total. The fourth-order valence-electron chi connectivity index (χ4n) is 3.87. The number of nitrogens with one attached hydrogen (secondary N) is 1. The molecule has 10 heteroatoms. The Morgan fingerprint density at radius 3 is 2.34 bits per heavy atom. The van der Waals surface area contributed by atoms with Gasteiger partial charge in [-0.3, -0.25) is 19.7 Å². The topological polar surface area (TPSA) is 105 Å². The van der Waals surface area contributed by atoms with Crippen molar-refractivity contribution >= 4 is 28.9 Å². The number of carbonyl (C=O) groups excluding carboxylic acids is 2. The van der Waals surface area contributed by atoms with Crippen molar-refractivity contribution in [3.63, 3.8) is 0 Å². The number of hydrogen-bond donors (Lipinski definition) is 1. The van der Waals surface area contributed by atoms with Gasteiger partial charge in [-0.1, -0.05) is 36.4 Å². The molecule has 180 valence electrons. The summed E-state index contributed by atoms with van der Waals surface area (Å²) >= 11 is 0. The van der Waals surface area contributed by atoms with Crippen LogP contribution in [0.3, 0.4) is 0 Å². The lowest BCUT2D eigenvalue weighted by Crippen LogP contribution is -2.49. The molecule has 0 aromatic heterocycles. The summed E-state index contributed by atoms with van der Waals surface area (Å²) in [7, 11) is 0. The van der Waals surface area contributed by atoms with E-state index in [1.165, 1.54) is 24.3 Å². The Balaban J connectivity index is 1.38. The zero-order chi connectivity index (χ0) is 24.8. The Labute approximate surface area is 200 Å². The number of nitrogens with zero attached hydrogens (tertiary/aromatic N) is 3. The number of benzene rings is 3. The van der Waals surface area contributed by atoms with Gasteiger partial charge in [0.15, 0.2) is 6.61 Å². The number of nitro groups is 1. The highest BCUT2D eigenvalue weighted by molar-refractivity contribution is 5.97. The van der Waals surface area contributed by atoms with E-state index in [0.29, 0.717) is 37.4 Å². The molecule has 2 amide bonds. The van der Waals surface area contributed by atoms with E-state index in [0.717, 1.165) is 0 Å². The highest BCUT2D eigenvalue weighted by Gasteiger charge is 2.27. The molecule has 0 unspecified atom stereocenters. The Hall–Kier alpha value is -4.47.